The van der Waals surface area contributed by atoms with Gasteiger partial charge in [-0.1, -0.05) is 19.9 Å². The molecule has 0 unspecified atom stereocenters. The van der Waals surface area contributed by atoms with E-state index in [1.807, 2.05) is 25.1 Å². The third kappa shape index (κ3) is 2.44. The van der Waals surface area contributed by atoms with E-state index in [-0.39, 0.29) is 0 Å². The van der Waals surface area contributed by atoms with E-state index in [9.17, 15) is 4.39 Å². The second kappa shape index (κ2) is 4.26. The van der Waals surface area contributed by atoms with Crippen LogP contribution in [0.3, 0.4) is 0 Å². The highest BCUT2D eigenvalue weighted by atomic mass is 19.1. The Kier molecular flexibility index (Phi) is 3.29. The van der Waals surface area contributed by atoms with Crippen LogP contribution in [0.25, 0.3) is 0 Å². The molecule has 0 aliphatic carbocycles. The standard InChI is InChI=1S/C11H15FO/c1-8(2)11-5-4-10(13-7-12)6-9(11)3/h4-6,8H,7H2,1-3H3. The fourth-order valence-corrected chi connectivity index (χ4v) is 1.45. The lowest BCUT2D eigenvalue weighted by atomic mass is 9.98. The summed E-state index contributed by atoms with van der Waals surface area (Å²) < 4.78 is 16.6. The maximum Gasteiger partial charge on any atom is 0.228 e. The summed E-state index contributed by atoms with van der Waals surface area (Å²) in [5.74, 6) is 1.10. The van der Waals surface area contributed by atoms with Gasteiger partial charge in [-0.3, -0.25) is 0 Å². The quantitative estimate of drug-likeness (QED) is 0.696. The molecule has 13 heavy (non-hydrogen) atoms. The second-order valence-electron chi connectivity index (χ2n) is 3.43. The van der Waals surface area contributed by atoms with Crippen molar-refractivity contribution in [1.82, 2.24) is 0 Å². The molecule has 0 N–H and O–H groups in total. The predicted octanol–water partition coefficient (Wildman–Crippen LogP) is 3.42. The van der Waals surface area contributed by atoms with Crippen molar-refractivity contribution in [2.75, 3.05) is 6.86 Å². The van der Waals surface area contributed by atoms with E-state index in [0.717, 1.165) is 5.56 Å². The molecule has 1 rings (SSSR count). The molecule has 2 heteroatoms. The summed E-state index contributed by atoms with van der Waals surface area (Å²) >= 11 is 0. The van der Waals surface area contributed by atoms with Crippen LogP contribution in [0.5, 0.6) is 5.75 Å². The van der Waals surface area contributed by atoms with Gasteiger partial charge in [-0.25, -0.2) is 4.39 Å². The first-order valence-corrected chi connectivity index (χ1v) is 4.44. The van der Waals surface area contributed by atoms with Crippen LogP contribution in [0.1, 0.15) is 30.9 Å². The molecule has 0 radical (unpaired) electrons. The van der Waals surface area contributed by atoms with Crippen LogP contribution in [0.4, 0.5) is 4.39 Å². The number of hydrogen-bond donors (Lipinski definition) is 0. The summed E-state index contributed by atoms with van der Waals surface area (Å²) in [4.78, 5) is 0. The van der Waals surface area contributed by atoms with Crippen LogP contribution >= 0.6 is 0 Å². The molecular weight excluding hydrogens is 167 g/mol. The molecule has 0 spiro atoms. The number of aryl methyl sites for hydroxylation is 1. The van der Waals surface area contributed by atoms with E-state index in [1.165, 1.54) is 5.56 Å². The van der Waals surface area contributed by atoms with Gasteiger partial charge >= 0.3 is 0 Å². The van der Waals surface area contributed by atoms with E-state index >= 15 is 0 Å². The van der Waals surface area contributed by atoms with Crippen molar-refractivity contribution in [3.8, 4) is 5.75 Å². The number of hydrogen-bond acceptors (Lipinski definition) is 1. The molecule has 0 aliphatic heterocycles. The number of halogens is 1. The van der Waals surface area contributed by atoms with E-state index in [0.29, 0.717) is 11.7 Å². The van der Waals surface area contributed by atoms with Crippen LogP contribution in [-0.2, 0) is 0 Å². The lowest BCUT2D eigenvalue weighted by molar-refractivity contribution is 0.191. The average Bonchev–Trinajstić information content (AvgIpc) is 2.04. The van der Waals surface area contributed by atoms with Crippen molar-refractivity contribution in [3.05, 3.63) is 29.3 Å². The number of benzene rings is 1. The topological polar surface area (TPSA) is 9.23 Å². The molecular formula is C11H15FO. The van der Waals surface area contributed by atoms with Gasteiger partial charge in [-0.2, -0.15) is 0 Å². The van der Waals surface area contributed by atoms with Gasteiger partial charge in [0.15, 0.2) is 0 Å². The Labute approximate surface area is 78.5 Å². The number of ether oxygens (including phenoxy) is 1. The molecule has 0 amide bonds. The smallest absolute Gasteiger partial charge is 0.228 e. The summed E-state index contributed by atoms with van der Waals surface area (Å²) in [5.41, 5.74) is 2.44. The lowest BCUT2D eigenvalue weighted by Crippen LogP contribution is -1.95. The fourth-order valence-electron chi connectivity index (χ4n) is 1.45. The minimum Gasteiger partial charge on any atom is -0.463 e. The van der Waals surface area contributed by atoms with Crippen molar-refractivity contribution in [2.24, 2.45) is 0 Å². The van der Waals surface area contributed by atoms with Crippen LogP contribution in [0.2, 0.25) is 0 Å². The van der Waals surface area contributed by atoms with Crippen LogP contribution < -0.4 is 4.74 Å². The summed E-state index contributed by atoms with van der Waals surface area (Å²) in [5, 5.41) is 0. The first-order chi connectivity index (χ1) is 6.15. The van der Waals surface area contributed by atoms with E-state index in [2.05, 4.69) is 13.8 Å². The lowest BCUT2D eigenvalue weighted by Gasteiger charge is -2.10. The largest absolute Gasteiger partial charge is 0.463 e. The van der Waals surface area contributed by atoms with Crippen molar-refractivity contribution >= 4 is 0 Å². The molecule has 0 fully saturated rings. The van der Waals surface area contributed by atoms with Gasteiger partial charge in [0.25, 0.3) is 0 Å². The fraction of sp³-hybridized carbons (Fsp3) is 0.455. The molecule has 0 bridgehead atoms. The zero-order chi connectivity index (χ0) is 9.84. The summed E-state index contributed by atoms with van der Waals surface area (Å²) in [6.07, 6.45) is 0. The van der Waals surface area contributed by atoms with Gasteiger partial charge in [0.05, 0.1) is 0 Å². The van der Waals surface area contributed by atoms with E-state index < -0.39 is 6.86 Å². The Hall–Kier alpha value is -1.05. The molecule has 1 aromatic carbocycles. The Morgan fingerprint density at radius 2 is 2.08 bits per heavy atom. The third-order valence-corrected chi connectivity index (χ3v) is 2.08. The molecule has 0 aliphatic rings. The molecule has 72 valence electrons. The monoisotopic (exact) mass is 182 g/mol. The molecule has 0 saturated carbocycles. The maximum absolute atomic E-state index is 11.8. The summed E-state index contributed by atoms with van der Waals surface area (Å²) in [6, 6.07) is 5.67. The van der Waals surface area contributed by atoms with Crippen molar-refractivity contribution in [3.63, 3.8) is 0 Å². The molecule has 0 saturated heterocycles. The van der Waals surface area contributed by atoms with Gasteiger partial charge < -0.3 is 4.74 Å². The van der Waals surface area contributed by atoms with Crippen LogP contribution in [-0.4, -0.2) is 6.86 Å². The van der Waals surface area contributed by atoms with Gasteiger partial charge in [-0.05, 0) is 36.1 Å². The van der Waals surface area contributed by atoms with Gasteiger partial charge in [0.2, 0.25) is 6.86 Å². The average molecular weight is 182 g/mol. The first-order valence-electron chi connectivity index (χ1n) is 4.44. The summed E-state index contributed by atoms with van der Waals surface area (Å²) in [6.45, 7) is 5.52. The van der Waals surface area contributed by atoms with Gasteiger partial charge in [0, 0.05) is 0 Å². The van der Waals surface area contributed by atoms with Crippen molar-refractivity contribution in [2.45, 2.75) is 26.7 Å². The highest BCUT2D eigenvalue weighted by Crippen LogP contribution is 2.23. The van der Waals surface area contributed by atoms with E-state index in [1.54, 1.807) is 0 Å². The first kappa shape index (κ1) is 10.0. The second-order valence-corrected chi connectivity index (χ2v) is 3.43. The Morgan fingerprint density at radius 1 is 1.38 bits per heavy atom. The Balaban J connectivity index is 2.92. The molecule has 0 heterocycles. The highest BCUT2D eigenvalue weighted by Gasteiger charge is 2.04. The Bertz CT molecular complexity index is 281. The minimum absolute atomic E-state index is 0.499. The number of rotatable bonds is 3. The predicted molar refractivity (Wildman–Crippen MR) is 51.9 cm³/mol. The Morgan fingerprint density at radius 3 is 2.54 bits per heavy atom. The van der Waals surface area contributed by atoms with Gasteiger partial charge in [0.1, 0.15) is 5.75 Å². The van der Waals surface area contributed by atoms with Crippen LogP contribution in [0, 0.1) is 6.92 Å². The zero-order valence-electron chi connectivity index (χ0n) is 8.30. The summed E-state index contributed by atoms with van der Waals surface area (Å²) in [7, 11) is 0. The van der Waals surface area contributed by atoms with Gasteiger partial charge in [-0.15, -0.1) is 0 Å². The normalized spacial score (nSPS) is 10.5. The highest BCUT2D eigenvalue weighted by molar-refractivity contribution is 5.36. The molecule has 0 atom stereocenters. The molecule has 1 aromatic rings. The van der Waals surface area contributed by atoms with Crippen molar-refractivity contribution < 1.29 is 9.13 Å². The number of alkyl halides is 1. The zero-order valence-corrected chi connectivity index (χ0v) is 8.30. The third-order valence-electron chi connectivity index (χ3n) is 2.08. The SMILES string of the molecule is Cc1cc(OCF)ccc1C(C)C. The van der Waals surface area contributed by atoms with E-state index in [4.69, 9.17) is 4.74 Å². The van der Waals surface area contributed by atoms with Crippen LogP contribution in [0.15, 0.2) is 18.2 Å². The maximum atomic E-state index is 11.8. The molecule has 0 aromatic heterocycles. The minimum atomic E-state index is -0.763. The molecule has 1 nitrogen and oxygen atoms in total. The van der Waals surface area contributed by atoms with Crippen molar-refractivity contribution in [1.29, 1.82) is 0 Å².